The van der Waals surface area contributed by atoms with E-state index in [1.54, 1.807) is 5.38 Å². The van der Waals surface area contributed by atoms with Crippen LogP contribution in [0, 0.1) is 0 Å². The fraction of sp³-hybridized carbons (Fsp3) is 0.111. The van der Waals surface area contributed by atoms with Gasteiger partial charge in [0.2, 0.25) is 5.91 Å². The molecule has 0 radical (unpaired) electrons. The Hall–Kier alpha value is -2.23. The average Bonchev–Trinajstić information content (AvgIpc) is 3.10. The predicted molar refractivity (Wildman–Crippen MR) is 109 cm³/mol. The summed E-state index contributed by atoms with van der Waals surface area (Å²) >= 11 is 4.61. The highest BCUT2D eigenvalue weighted by Gasteiger charge is 2.20. The van der Waals surface area contributed by atoms with Crippen molar-refractivity contribution in [2.75, 3.05) is 18.2 Å². The molecule has 1 aromatic heterocycles. The van der Waals surface area contributed by atoms with Crippen LogP contribution in [0.1, 0.15) is 0 Å². The Morgan fingerprint density at radius 2 is 1.81 bits per heavy atom. The molecule has 0 bridgehead atoms. The van der Waals surface area contributed by atoms with E-state index < -0.39 is 21.5 Å². The number of methoxy groups -OCH3 is 1. The molecule has 1 amide bonds. The Kier molecular flexibility index (Phi) is 5.93. The molecule has 0 saturated heterocycles. The van der Waals surface area contributed by atoms with Gasteiger partial charge in [-0.2, -0.15) is 0 Å². The van der Waals surface area contributed by atoms with Crippen molar-refractivity contribution in [3.8, 4) is 17.0 Å². The van der Waals surface area contributed by atoms with E-state index >= 15 is 0 Å². The summed E-state index contributed by atoms with van der Waals surface area (Å²) < 4.78 is 30.7. The number of nitrogens with one attached hydrogen (secondary N) is 1. The highest BCUT2D eigenvalue weighted by Crippen LogP contribution is 2.26. The second kappa shape index (κ2) is 8.20. The second-order valence-corrected chi connectivity index (χ2v) is 9.29. The van der Waals surface area contributed by atoms with Gasteiger partial charge >= 0.3 is 0 Å². The highest BCUT2D eigenvalue weighted by molar-refractivity contribution is 9.10. The molecule has 0 atom stereocenters. The number of benzene rings is 2. The maximum Gasteiger partial charge on any atom is 0.241 e. The van der Waals surface area contributed by atoms with E-state index in [2.05, 4.69) is 26.2 Å². The summed E-state index contributed by atoms with van der Waals surface area (Å²) in [5.41, 5.74) is 1.61. The number of carbonyl (C=O) groups is 1. The molecule has 0 unspecified atom stereocenters. The second-order valence-electron chi connectivity index (χ2n) is 5.53. The zero-order chi connectivity index (χ0) is 19.4. The number of amides is 1. The van der Waals surface area contributed by atoms with Crippen LogP contribution in [0.2, 0.25) is 0 Å². The molecular weight excluding hydrogens is 452 g/mol. The van der Waals surface area contributed by atoms with Crippen LogP contribution in [0.25, 0.3) is 11.3 Å². The predicted octanol–water partition coefficient (Wildman–Crippen LogP) is 3.99. The van der Waals surface area contributed by atoms with E-state index in [0.29, 0.717) is 16.6 Å². The van der Waals surface area contributed by atoms with Gasteiger partial charge in [0, 0.05) is 15.4 Å². The lowest BCUT2D eigenvalue weighted by Gasteiger charge is -2.05. The van der Waals surface area contributed by atoms with Crippen LogP contribution in [0.4, 0.5) is 5.13 Å². The molecule has 3 rings (SSSR count). The fourth-order valence-electron chi connectivity index (χ4n) is 2.28. The maximum absolute atomic E-state index is 12.4. The van der Waals surface area contributed by atoms with Crippen molar-refractivity contribution in [2.24, 2.45) is 0 Å². The molecule has 140 valence electrons. The van der Waals surface area contributed by atoms with Gasteiger partial charge in [0.05, 0.1) is 17.7 Å². The lowest BCUT2D eigenvalue weighted by Crippen LogP contribution is -2.22. The molecular formula is C18H15BrN2O4S2. The highest BCUT2D eigenvalue weighted by atomic mass is 79.9. The Morgan fingerprint density at radius 1 is 1.15 bits per heavy atom. The van der Waals surface area contributed by atoms with Crippen LogP contribution in [-0.4, -0.2) is 32.2 Å². The van der Waals surface area contributed by atoms with Crippen molar-refractivity contribution >= 4 is 48.1 Å². The summed E-state index contributed by atoms with van der Waals surface area (Å²) in [6.07, 6.45) is 0. The molecule has 2 aromatic carbocycles. The van der Waals surface area contributed by atoms with Crippen LogP contribution in [0.5, 0.6) is 5.75 Å². The standard InChI is InChI=1S/C18H15BrN2O4S2/c1-25-14-6-8-15(9-7-14)27(23,24)11-17(22)21-18-20-16(10-26-18)12-2-4-13(19)5-3-12/h2-10H,11H2,1H3,(H,20,21,22). The van der Waals surface area contributed by atoms with Crippen LogP contribution in [-0.2, 0) is 14.6 Å². The summed E-state index contributed by atoms with van der Waals surface area (Å²) in [5.74, 6) is -0.754. The van der Waals surface area contributed by atoms with Crippen molar-refractivity contribution in [2.45, 2.75) is 4.90 Å². The van der Waals surface area contributed by atoms with Gasteiger partial charge in [-0.25, -0.2) is 13.4 Å². The van der Waals surface area contributed by atoms with Gasteiger partial charge in [0.15, 0.2) is 15.0 Å². The monoisotopic (exact) mass is 466 g/mol. The van der Waals surface area contributed by atoms with Crippen molar-refractivity contribution in [1.82, 2.24) is 4.98 Å². The molecule has 3 aromatic rings. The molecule has 0 spiro atoms. The molecule has 0 aliphatic heterocycles. The number of carbonyl (C=O) groups excluding carboxylic acids is 1. The number of sulfone groups is 1. The lowest BCUT2D eigenvalue weighted by atomic mass is 10.2. The number of nitrogens with zero attached hydrogens (tertiary/aromatic N) is 1. The van der Waals surface area contributed by atoms with E-state index in [1.807, 2.05) is 24.3 Å². The Bertz CT molecular complexity index is 1050. The minimum Gasteiger partial charge on any atom is -0.497 e. The van der Waals surface area contributed by atoms with Gasteiger partial charge in [0.25, 0.3) is 0 Å². The van der Waals surface area contributed by atoms with Gasteiger partial charge in [0.1, 0.15) is 11.5 Å². The zero-order valence-corrected chi connectivity index (χ0v) is 17.4. The van der Waals surface area contributed by atoms with Crippen LogP contribution in [0.15, 0.2) is 63.3 Å². The molecule has 1 N–H and O–H groups in total. The van der Waals surface area contributed by atoms with E-state index in [9.17, 15) is 13.2 Å². The number of ether oxygens (including phenoxy) is 1. The number of rotatable bonds is 6. The summed E-state index contributed by atoms with van der Waals surface area (Å²) in [7, 11) is -2.26. The van der Waals surface area contributed by atoms with E-state index in [4.69, 9.17) is 4.74 Å². The minimum atomic E-state index is -3.75. The van der Waals surface area contributed by atoms with Crippen molar-refractivity contribution in [3.63, 3.8) is 0 Å². The first-order valence-corrected chi connectivity index (χ1v) is 11.1. The van der Waals surface area contributed by atoms with E-state index in [1.165, 1.54) is 42.7 Å². The average molecular weight is 467 g/mol. The van der Waals surface area contributed by atoms with Crippen LogP contribution >= 0.6 is 27.3 Å². The third-order valence-electron chi connectivity index (χ3n) is 3.63. The Labute approximate surface area is 169 Å². The van der Waals surface area contributed by atoms with Gasteiger partial charge in [-0.05, 0) is 36.4 Å². The third-order valence-corrected chi connectivity index (χ3v) is 6.55. The third kappa shape index (κ3) is 4.94. The number of thiazole rings is 1. The number of hydrogen-bond acceptors (Lipinski definition) is 6. The number of halogens is 1. The molecule has 0 aliphatic rings. The first kappa shape index (κ1) is 19.5. The molecule has 0 fully saturated rings. The lowest BCUT2D eigenvalue weighted by molar-refractivity contribution is -0.113. The molecule has 27 heavy (non-hydrogen) atoms. The van der Waals surface area contributed by atoms with Gasteiger partial charge in [-0.15, -0.1) is 11.3 Å². The van der Waals surface area contributed by atoms with Crippen LogP contribution in [0.3, 0.4) is 0 Å². The number of aromatic nitrogens is 1. The smallest absolute Gasteiger partial charge is 0.241 e. The normalized spacial score (nSPS) is 11.2. The molecule has 1 heterocycles. The summed E-state index contributed by atoms with van der Waals surface area (Å²) in [4.78, 5) is 16.6. The van der Waals surface area contributed by atoms with Crippen LogP contribution < -0.4 is 10.1 Å². The minimum absolute atomic E-state index is 0.0631. The van der Waals surface area contributed by atoms with Crippen molar-refractivity contribution in [1.29, 1.82) is 0 Å². The number of hydrogen-bond donors (Lipinski definition) is 1. The maximum atomic E-state index is 12.4. The Morgan fingerprint density at radius 3 is 2.44 bits per heavy atom. The molecule has 0 saturated carbocycles. The topological polar surface area (TPSA) is 85.4 Å². The van der Waals surface area contributed by atoms with E-state index in [0.717, 1.165) is 10.0 Å². The quantitative estimate of drug-likeness (QED) is 0.593. The van der Waals surface area contributed by atoms with Gasteiger partial charge in [-0.3, -0.25) is 4.79 Å². The van der Waals surface area contributed by atoms with Gasteiger partial charge in [-0.1, -0.05) is 28.1 Å². The van der Waals surface area contributed by atoms with Gasteiger partial charge < -0.3 is 10.1 Å². The molecule has 6 nitrogen and oxygen atoms in total. The first-order chi connectivity index (χ1) is 12.9. The largest absolute Gasteiger partial charge is 0.497 e. The SMILES string of the molecule is COc1ccc(S(=O)(=O)CC(=O)Nc2nc(-c3ccc(Br)cc3)cs2)cc1. The Balaban J connectivity index is 1.67. The molecule has 0 aliphatic carbocycles. The number of anilines is 1. The van der Waals surface area contributed by atoms with E-state index in [-0.39, 0.29) is 4.90 Å². The fourth-order valence-corrected chi connectivity index (χ4v) is 4.41. The summed E-state index contributed by atoms with van der Waals surface area (Å²) in [5, 5.41) is 4.70. The van der Waals surface area contributed by atoms with Crippen molar-refractivity contribution < 1.29 is 17.9 Å². The molecule has 9 heteroatoms. The van der Waals surface area contributed by atoms with Crippen molar-refractivity contribution in [3.05, 3.63) is 58.4 Å². The first-order valence-electron chi connectivity index (χ1n) is 7.75. The summed E-state index contributed by atoms with van der Waals surface area (Å²) in [6.45, 7) is 0. The zero-order valence-electron chi connectivity index (χ0n) is 14.2. The summed E-state index contributed by atoms with van der Waals surface area (Å²) in [6, 6.07) is 13.5.